The van der Waals surface area contributed by atoms with Crippen molar-refractivity contribution in [3.05, 3.63) is 53.6 Å². The first kappa shape index (κ1) is 15.6. The first-order chi connectivity index (χ1) is 11.0. The van der Waals surface area contributed by atoms with Gasteiger partial charge in [0.1, 0.15) is 0 Å². The molecule has 120 valence electrons. The van der Waals surface area contributed by atoms with Gasteiger partial charge in [0.2, 0.25) is 0 Å². The van der Waals surface area contributed by atoms with Gasteiger partial charge in [0.25, 0.3) is 0 Å². The molecule has 0 unspecified atom stereocenters. The summed E-state index contributed by atoms with van der Waals surface area (Å²) < 4.78 is 0. The van der Waals surface area contributed by atoms with E-state index in [1.807, 2.05) is 0 Å². The summed E-state index contributed by atoms with van der Waals surface area (Å²) in [6, 6.07) is 15.8. The number of nitrogens with zero attached hydrogens (tertiary/aromatic N) is 1. The molecular weight excluding hydrogens is 282 g/mol. The molecule has 0 aliphatic heterocycles. The Morgan fingerprint density at radius 3 is 2.22 bits per heavy atom. The maximum atomic E-state index is 4.77. The van der Waals surface area contributed by atoms with Crippen LogP contribution in [0, 0.1) is 0 Å². The van der Waals surface area contributed by atoms with Gasteiger partial charge in [0, 0.05) is 12.1 Å². The van der Waals surface area contributed by atoms with Crippen LogP contribution in [0.3, 0.4) is 0 Å². The molecule has 3 heteroatoms. The van der Waals surface area contributed by atoms with Crippen LogP contribution in [0.15, 0.2) is 47.5 Å². The second-order valence-electron chi connectivity index (χ2n) is 6.73. The monoisotopic (exact) mass is 307 g/mol. The van der Waals surface area contributed by atoms with Crippen molar-refractivity contribution in [3.8, 4) is 11.1 Å². The van der Waals surface area contributed by atoms with Gasteiger partial charge in [-0.15, -0.1) is 0 Å². The van der Waals surface area contributed by atoms with E-state index in [0.717, 1.165) is 18.1 Å². The summed E-state index contributed by atoms with van der Waals surface area (Å²) >= 11 is 0. The standard InChI is InChI=1S/C20H25N3/c1-13(2)21-20(22-14(3)4)23-17-9-10-19-16(12-17)11-15-7-5-6-8-18(15)19/h5-10,12-14H,11H2,1-4H3,(H2,21,22,23). The molecule has 0 saturated carbocycles. The van der Waals surface area contributed by atoms with Gasteiger partial charge in [0.15, 0.2) is 5.96 Å². The molecule has 0 amide bonds. The topological polar surface area (TPSA) is 36.4 Å². The molecule has 0 bridgehead atoms. The first-order valence-electron chi connectivity index (χ1n) is 8.36. The second-order valence-corrected chi connectivity index (χ2v) is 6.73. The Kier molecular flexibility index (Phi) is 4.37. The summed E-state index contributed by atoms with van der Waals surface area (Å²) in [6.45, 7) is 8.49. The number of rotatable bonds is 3. The Hall–Kier alpha value is -2.29. The molecule has 2 aromatic carbocycles. The summed E-state index contributed by atoms with van der Waals surface area (Å²) in [5, 5.41) is 6.77. The Morgan fingerprint density at radius 1 is 0.870 bits per heavy atom. The fraction of sp³-hybridized carbons (Fsp3) is 0.350. The highest BCUT2D eigenvalue weighted by Gasteiger charge is 2.17. The largest absolute Gasteiger partial charge is 0.354 e. The van der Waals surface area contributed by atoms with Crippen molar-refractivity contribution in [2.45, 2.75) is 46.2 Å². The lowest BCUT2D eigenvalue weighted by Gasteiger charge is -2.17. The van der Waals surface area contributed by atoms with E-state index in [0.29, 0.717) is 12.1 Å². The van der Waals surface area contributed by atoms with Crippen LogP contribution in [0.5, 0.6) is 0 Å². The molecule has 2 aromatic rings. The lowest BCUT2D eigenvalue weighted by atomic mass is 10.1. The molecule has 1 aliphatic carbocycles. The minimum absolute atomic E-state index is 0.346. The van der Waals surface area contributed by atoms with Gasteiger partial charge in [0.05, 0.1) is 5.69 Å². The fourth-order valence-electron chi connectivity index (χ4n) is 2.98. The summed E-state index contributed by atoms with van der Waals surface area (Å²) in [5.41, 5.74) is 6.46. The molecule has 1 aliphatic rings. The third kappa shape index (κ3) is 3.55. The van der Waals surface area contributed by atoms with Gasteiger partial charge in [-0.1, -0.05) is 30.3 Å². The molecule has 0 aromatic heterocycles. The van der Waals surface area contributed by atoms with Gasteiger partial charge in [-0.05, 0) is 68.5 Å². The van der Waals surface area contributed by atoms with Gasteiger partial charge < -0.3 is 10.6 Å². The number of hydrogen-bond acceptors (Lipinski definition) is 1. The predicted molar refractivity (Wildman–Crippen MR) is 98.3 cm³/mol. The van der Waals surface area contributed by atoms with Crippen LogP contribution in [-0.4, -0.2) is 18.0 Å². The van der Waals surface area contributed by atoms with Crippen LogP contribution in [0.4, 0.5) is 5.69 Å². The Morgan fingerprint density at radius 2 is 1.52 bits per heavy atom. The van der Waals surface area contributed by atoms with Crippen molar-refractivity contribution in [2.24, 2.45) is 4.99 Å². The average molecular weight is 307 g/mol. The van der Waals surface area contributed by atoms with Gasteiger partial charge in [-0.3, -0.25) is 0 Å². The number of hydrogen-bond donors (Lipinski definition) is 2. The van der Waals surface area contributed by atoms with Crippen LogP contribution in [0.1, 0.15) is 38.8 Å². The molecule has 3 nitrogen and oxygen atoms in total. The zero-order valence-electron chi connectivity index (χ0n) is 14.4. The van der Waals surface area contributed by atoms with Crippen molar-refractivity contribution >= 4 is 11.6 Å². The van der Waals surface area contributed by atoms with Crippen LogP contribution in [0.2, 0.25) is 0 Å². The average Bonchev–Trinajstić information content (AvgIpc) is 2.83. The third-order valence-corrected chi connectivity index (χ3v) is 3.87. The first-order valence-corrected chi connectivity index (χ1v) is 8.36. The van der Waals surface area contributed by atoms with Crippen molar-refractivity contribution in [1.29, 1.82) is 0 Å². The Balaban J connectivity index is 1.90. The number of benzene rings is 2. The summed E-state index contributed by atoms with van der Waals surface area (Å²) in [5.74, 6) is 0.838. The zero-order valence-corrected chi connectivity index (χ0v) is 14.4. The summed E-state index contributed by atoms with van der Waals surface area (Å²) in [6.07, 6.45) is 0.999. The van der Waals surface area contributed by atoms with E-state index in [4.69, 9.17) is 4.99 Å². The highest BCUT2D eigenvalue weighted by atomic mass is 15.2. The lowest BCUT2D eigenvalue weighted by molar-refractivity contribution is 0.661. The molecule has 0 spiro atoms. The molecule has 23 heavy (non-hydrogen) atoms. The minimum Gasteiger partial charge on any atom is -0.354 e. The van der Waals surface area contributed by atoms with Crippen molar-refractivity contribution < 1.29 is 0 Å². The van der Waals surface area contributed by atoms with Crippen LogP contribution < -0.4 is 10.6 Å². The van der Waals surface area contributed by atoms with E-state index in [9.17, 15) is 0 Å². The lowest BCUT2D eigenvalue weighted by Crippen LogP contribution is -2.43. The van der Waals surface area contributed by atoms with E-state index in [2.05, 4.69) is 80.8 Å². The van der Waals surface area contributed by atoms with E-state index in [-0.39, 0.29) is 0 Å². The van der Waals surface area contributed by atoms with Gasteiger partial charge in [-0.2, -0.15) is 0 Å². The quantitative estimate of drug-likeness (QED) is 0.561. The molecular formula is C20H25N3. The smallest absolute Gasteiger partial charge is 0.196 e. The van der Waals surface area contributed by atoms with Crippen molar-refractivity contribution in [3.63, 3.8) is 0 Å². The van der Waals surface area contributed by atoms with Crippen LogP contribution in [-0.2, 0) is 6.42 Å². The zero-order chi connectivity index (χ0) is 16.4. The summed E-state index contributed by atoms with van der Waals surface area (Å²) in [7, 11) is 0. The summed E-state index contributed by atoms with van der Waals surface area (Å²) in [4.78, 5) is 4.77. The number of guanidine groups is 1. The maximum Gasteiger partial charge on any atom is 0.196 e. The highest BCUT2D eigenvalue weighted by molar-refractivity contribution is 5.84. The van der Waals surface area contributed by atoms with E-state index in [1.165, 1.54) is 22.3 Å². The molecule has 0 radical (unpaired) electrons. The SMILES string of the molecule is CC(C)NC(=Nc1ccc2c(c1)Cc1ccccc1-2)NC(C)C. The van der Waals surface area contributed by atoms with Crippen molar-refractivity contribution in [1.82, 2.24) is 10.6 Å². The van der Waals surface area contributed by atoms with Crippen LogP contribution >= 0.6 is 0 Å². The number of fused-ring (bicyclic) bond motifs is 3. The molecule has 0 atom stereocenters. The van der Waals surface area contributed by atoms with Gasteiger partial charge >= 0.3 is 0 Å². The molecule has 0 saturated heterocycles. The minimum atomic E-state index is 0.346. The van der Waals surface area contributed by atoms with Crippen LogP contribution in [0.25, 0.3) is 11.1 Å². The number of aliphatic imine (C=N–C) groups is 1. The van der Waals surface area contributed by atoms with Gasteiger partial charge in [-0.25, -0.2) is 4.99 Å². The Bertz CT molecular complexity index is 717. The second kappa shape index (κ2) is 6.45. The molecule has 3 rings (SSSR count). The molecule has 0 fully saturated rings. The molecule has 0 heterocycles. The third-order valence-electron chi connectivity index (χ3n) is 3.87. The number of nitrogens with one attached hydrogen (secondary N) is 2. The highest BCUT2D eigenvalue weighted by Crippen LogP contribution is 2.38. The maximum absolute atomic E-state index is 4.77. The Labute approximate surface area is 138 Å². The fourth-order valence-corrected chi connectivity index (χ4v) is 2.98. The van der Waals surface area contributed by atoms with E-state index >= 15 is 0 Å². The molecule has 2 N–H and O–H groups in total. The predicted octanol–water partition coefficient (Wildman–Crippen LogP) is 4.24. The van der Waals surface area contributed by atoms with E-state index in [1.54, 1.807) is 0 Å². The van der Waals surface area contributed by atoms with Crippen molar-refractivity contribution in [2.75, 3.05) is 0 Å². The van der Waals surface area contributed by atoms with E-state index < -0.39 is 0 Å². The normalized spacial score (nSPS) is 12.1.